The lowest BCUT2D eigenvalue weighted by molar-refractivity contribution is 0.237. The first-order chi connectivity index (χ1) is 9.55. The predicted octanol–water partition coefficient (Wildman–Crippen LogP) is 0.727. The number of nitrogens with zero attached hydrogens (tertiary/aromatic N) is 3. The van der Waals surface area contributed by atoms with Crippen LogP contribution < -0.4 is 10.6 Å². The van der Waals surface area contributed by atoms with Crippen molar-refractivity contribution in [3.8, 4) is 0 Å². The van der Waals surface area contributed by atoms with Crippen molar-refractivity contribution in [3.05, 3.63) is 12.4 Å². The molecular weight excluding hydrogens is 258 g/mol. The normalized spacial score (nSPS) is 12.4. The van der Waals surface area contributed by atoms with Crippen LogP contribution in [0.3, 0.4) is 0 Å². The highest BCUT2D eigenvalue weighted by Crippen LogP contribution is 2.05. The minimum atomic E-state index is -0.266. The molecule has 0 aliphatic carbocycles. The van der Waals surface area contributed by atoms with Gasteiger partial charge in [0.2, 0.25) is 0 Å². The van der Waals surface area contributed by atoms with Crippen LogP contribution in [0.5, 0.6) is 0 Å². The molecule has 114 valence electrons. The Kier molecular flexibility index (Phi) is 7.03. The molecule has 0 aliphatic rings. The van der Waals surface area contributed by atoms with Crippen molar-refractivity contribution in [1.29, 1.82) is 0 Å². The molecule has 2 amide bonds. The molecule has 20 heavy (non-hydrogen) atoms. The lowest BCUT2D eigenvalue weighted by atomic mass is 10.2. The molecule has 3 N–H and O–H groups in total. The fourth-order valence-corrected chi connectivity index (χ4v) is 1.74. The van der Waals surface area contributed by atoms with E-state index in [0.717, 1.165) is 19.5 Å². The minimum Gasteiger partial charge on any atom is -0.396 e. The fraction of sp³-hybridized carbons (Fsp3) is 0.692. The molecule has 1 rings (SSSR count). The molecule has 0 aromatic carbocycles. The van der Waals surface area contributed by atoms with Crippen molar-refractivity contribution in [3.63, 3.8) is 0 Å². The zero-order valence-electron chi connectivity index (χ0n) is 12.5. The van der Waals surface area contributed by atoms with E-state index in [1.807, 2.05) is 21.0 Å². The van der Waals surface area contributed by atoms with E-state index in [9.17, 15) is 4.79 Å². The van der Waals surface area contributed by atoms with Crippen molar-refractivity contribution in [2.75, 3.05) is 32.6 Å². The van der Waals surface area contributed by atoms with Gasteiger partial charge in [-0.05, 0) is 26.9 Å². The van der Waals surface area contributed by atoms with Crippen LogP contribution >= 0.6 is 0 Å². The van der Waals surface area contributed by atoms with Crippen LogP contribution in [0.4, 0.5) is 10.5 Å². The molecule has 1 atom stereocenters. The molecule has 0 spiro atoms. The maximum absolute atomic E-state index is 11.8. The van der Waals surface area contributed by atoms with Gasteiger partial charge in [0.1, 0.15) is 0 Å². The molecule has 0 aliphatic heterocycles. The largest absolute Gasteiger partial charge is 0.396 e. The SMILES string of the molecule is CCC(CCO)NC(=O)Nc1cnn(CCN(C)C)c1. The number of hydrogen-bond acceptors (Lipinski definition) is 4. The number of aromatic nitrogens is 2. The second-order valence-corrected chi connectivity index (χ2v) is 5.01. The van der Waals surface area contributed by atoms with Crippen LogP contribution in [0, 0.1) is 0 Å². The molecule has 1 unspecified atom stereocenters. The summed E-state index contributed by atoms with van der Waals surface area (Å²) in [6.07, 6.45) is 4.78. The second-order valence-electron chi connectivity index (χ2n) is 5.01. The molecule has 0 fully saturated rings. The van der Waals surface area contributed by atoms with E-state index in [0.29, 0.717) is 12.1 Å². The van der Waals surface area contributed by atoms with Crippen LogP contribution in [0.2, 0.25) is 0 Å². The molecule has 1 aromatic rings. The van der Waals surface area contributed by atoms with Gasteiger partial charge in [0, 0.05) is 25.4 Å². The van der Waals surface area contributed by atoms with Crippen molar-refractivity contribution in [2.24, 2.45) is 0 Å². The van der Waals surface area contributed by atoms with E-state index in [1.54, 1.807) is 17.1 Å². The minimum absolute atomic E-state index is 0.0104. The van der Waals surface area contributed by atoms with Crippen molar-refractivity contribution >= 4 is 11.7 Å². The highest BCUT2D eigenvalue weighted by atomic mass is 16.3. The summed E-state index contributed by atoms with van der Waals surface area (Å²) in [5, 5.41) is 18.6. The van der Waals surface area contributed by atoms with Gasteiger partial charge in [-0.3, -0.25) is 4.68 Å². The van der Waals surface area contributed by atoms with Crippen LogP contribution in [0.25, 0.3) is 0 Å². The maximum Gasteiger partial charge on any atom is 0.319 e. The Bertz CT molecular complexity index is 405. The van der Waals surface area contributed by atoms with E-state index in [4.69, 9.17) is 5.11 Å². The Balaban J connectivity index is 2.41. The number of carbonyl (C=O) groups excluding carboxylic acids is 1. The summed E-state index contributed by atoms with van der Waals surface area (Å²) in [6, 6.07) is -0.277. The second kappa shape index (κ2) is 8.55. The summed E-state index contributed by atoms with van der Waals surface area (Å²) < 4.78 is 1.79. The number of aliphatic hydroxyl groups is 1. The molecule has 7 heteroatoms. The number of carbonyl (C=O) groups is 1. The van der Waals surface area contributed by atoms with Crippen LogP contribution in [0.15, 0.2) is 12.4 Å². The first-order valence-electron chi connectivity index (χ1n) is 6.90. The lowest BCUT2D eigenvalue weighted by Gasteiger charge is -2.15. The predicted molar refractivity (Wildman–Crippen MR) is 78.7 cm³/mol. The van der Waals surface area contributed by atoms with E-state index in [1.165, 1.54) is 0 Å². The topological polar surface area (TPSA) is 82.4 Å². The van der Waals surface area contributed by atoms with E-state index in [2.05, 4.69) is 20.6 Å². The number of aliphatic hydroxyl groups excluding tert-OH is 1. The summed E-state index contributed by atoms with van der Waals surface area (Å²) in [4.78, 5) is 13.9. The van der Waals surface area contributed by atoms with Gasteiger partial charge in [-0.1, -0.05) is 6.92 Å². The number of urea groups is 1. The third-order valence-electron chi connectivity index (χ3n) is 2.97. The van der Waals surface area contributed by atoms with Crippen LogP contribution in [-0.4, -0.2) is 59.1 Å². The first kappa shape index (κ1) is 16.5. The summed E-state index contributed by atoms with van der Waals surface area (Å²) in [5.74, 6) is 0. The Morgan fingerprint density at radius 2 is 2.30 bits per heavy atom. The van der Waals surface area contributed by atoms with Crippen LogP contribution in [0.1, 0.15) is 19.8 Å². The molecule has 0 bridgehead atoms. The third-order valence-corrected chi connectivity index (χ3v) is 2.97. The summed E-state index contributed by atoms with van der Waals surface area (Å²) >= 11 is 0. The molecule has 7 nitrogen and oxygen atoms in total. The standard InChI is InChI=1S/C13H25N5O2/c1-4-11(5-8-19)15-13(20)16-12-9-14-18(10-12)7-6-17(2)3/h9-11,19H,4-8H2,1-3H3,(H2,15,16,20). The summed E-state index contributed by atoms with van der Waals surface area (Å²) in [7, 11) is 4.00. The number of rotatable bonds is 8. The zero-order valence-corrected chi connectivity index (χ0v) is 12.5. The summed E-state index contributed by atoms with van der Waals surface area (Å²) in [5.41, 5.74) is 0.667. The summed E-state index contributed by atoms with van der Waals surface area (Å²) in [6.45, 7) is 3.71. The molecule has 0 saturated heterocycles. The first-order valence-corrected chi connectivity index (χ1v) is 6.90. The molecular formula is C13H25N5O2. The third kappa shape index (κ3) is 6.03. The monoisotopic (exact) mass is 283 g/mol. The van der Waals surface area contributed by atoms with Gasteiger partial charge in [-0.2, -0.15) is 5.10 Å². The number of anilines is 1. The smallest absolute Gasteiger partial charge is 0.319 e. The van der Waals surface area contributed by atoms with E-state index < -0.39 is 0 Å². The molecule has 0 radical (unpaired) electrons. The average molecular weight is 283 g/mol. The van der Waals surface area contributed by atoms with Gasteiger partial charge in [0.15, 0.2) is 0 Å². The average Bonchev–Trinajstić information content (AvgIpc) is 2.83. The quantitative estimate of drug-likeness (QED) is 0.657. The van der Waals surface area contributed by atoms with E-state index in [-0.39, 0.29) is 18.7 Å². The molecule has 0 saturated carbocycles. The Labute approximate surface area is 120 Å². The number of hydrogen-bond donors (Lipinski definition) is 3. The van der Waals surface area contributed by atoms with Gasteiger partial charge >= 0.3 is 6.03 Å². The molecule has 1 heterocycles. The van der Waals surface area contributed by atoms with Crippen molar-refractivity contribution in [1.82, 2.24) is 20.0 Å². The maximum atomic E-state index is 11.8. The Morgan fingerprint density at radius 3 is 2.90 bits per heavy atom. The van der Waals surface area contributed by atoms with Crippen molar-refractivity contribution in [2.45, 2.75) is 32.4 Å². The highest BCUT2D eigenvalue weighted by Gasteiger charge is 2.10. The number of nitrogens with one attached hydrogen (secondary N) is 2. The van der Waals surface area contributed by atoms with Gasteiger partial charge in [-0.15, -0.1) is 0 Å². The Hall–Kier alpha value is -1.60. The molecule has 1 aromatic heterocycles. The van der Waals surface area contributed by atoms with Gasteiger partial charge in [-0.25, -0.2) is 4.79 Å². The van der Waals surface area contributed by atoms with Crippen molar-refractivity contribution < 1.29 is 9.90 Å². The fourth-order valence-electron chi connectivity index (χ4n) is 1.74. The van der Waals surface area contributed by atoms with Crippen LogP contribution in [-0.2, 0) is 6.54 Å². The van der Waals surface area contributed by atoms with Gasteiger partial charge < -0.3 is 20.6 Å². The van der Waals surface area contributed by atoms with Gasteiger partial charge in [0.05, 0.1) is 18.4 Å². The van der Waals surface area contributed by atoms with E-state index >= 15 is 0 Å². The van der Waals surface area contributed by atoms with Gasteiger partial charge in [0.25, 0.3) is 0 Å². The number of likely N-dealkylation sites (N-methyl/N-ethyl adjacent to an activating group) is 1. The highest BCUT2D eigenvalue weighted by molar-refractivity contribution is 5.89. The lowest BCUT2D eigenvalue weighted by Crippen LogP contribution is -2.38. The zero-order chi connectivity index (χ0) is 15.0. The Morgan fingerprint density at radius 1 is 1.55 bits per heavy atom. The number of amides is 2.